The van der Waals surface area contributed by atoms with Gasteiger partial charge in [0.1, 0.15) is 11.3 Å². The lowest BCUT2D eigenvalue weighted by Gasteiger charge is -2.36. The third-order valence-electron chi connectivity index (χ3n) is 4.76. The SMILES string of the molecule is CCN1C(=O)C(=C2C=C(C)c3ccc(C)c(OC)c3O2)C(=O)N(CC)C1=S. The van der Waals surface area contributed by atoms with Crippen LogP contribution >= 0.6 is 12.2 Å². The summed E-state index contributed by atoms with van der Waals surface area (Å²) in [4.78, 5) is 28.8. The molecule has 0 unspecified atom stereocenters. The number of allylic oxidation sites excluding steroid dienone is 2. The van der Waals surface area contributed by atoms with Gasteiger partial charge in [-0.2, -0.15) is 0 Å². The van der Waals surface area contributed by atoms with E-state index in [1.165, 1.54) is 9.80 Å². The molecule has 142 valence electrons. The smallest absolute Gasteiger partial charge is 0.269 e. The summed E-state index contributed by atoms with van der Waals surface area (Å²) in [5.41, 5.74) is 2.65. The lowest BCUT2D eigenvalue weighted by Crippen LogP contribution is -2.56. The van der Waals surface area contributed by atoms with Crippen LogP contribution in [-0.2, 0) is 9.59 Å². The fourth-order valence-electron chi connectivity index (χ4n) is 3.31. The Morgan fingerprint density at radius 3 is 2.19 bits per heavy atom. The zero-order valence-electron chi connectivity index (χ0n) is 16.1. The van der Waals surface area contributed by atoms with Gasteiger partial charge in [0.15, 0.2) is 16.6 Å². The minimum absolute atomic E-state index is 0.0131. The van der Waals surface area contributed by atoms with Crippen molar-refractivity contribution in [3.8, 4) is 11.5 Å². The fraction of sp³-hybridized carbons (Fsp3) is 0.350. The van der Waals surface area contributed by atoms with Crippen LogP contribution in [0.4, 0.5) is 0 Å². The van der Waals surface area contributed by atoms with E-state index in [2.05, 4.69) is 0 Å². The maximum Gasteiger partial charge on any atom is 0.269 e. The number of nitrogens with zero attached hydrogens (tertiary/aromatic N) is 2. The third kappa shape index (κ3) is 2.92. The highest BCUT2D eigenvalue weighted by Gasteiger charge is 2.41. The Hall–Kier alpha value is -2.67. The summed E-state index contributed by atoms with van der Waals surface area (Å²) in [5.74, 6) is 0.444. The second-order valence-corrected chi connectivity index (χ2v) is 6.71. The minimum Gasteiger partial charge on any atom is -0.493 e. The quantitative estimate of drug-likeness (QED) is 0.454. The molecule has 0 aromatic heterocycles. The van der Waals surface area contributed by atoms with Gasteiger partial charge in [0.05, 0.1) is 7.11 Å². The van der Waals surface area contributed by atoms with Crippen LogP contribution < -0.4 is 9.47 Å². The van der Waals surface area contributed by atoms with Gasteiger partial charge < -0.3 is 9.47 Å². The summed E-state index contributed by atoms with van der Waals surface area (Å²) in [6, 6.07) is 3.89. The minimum atomic E-state index is -0.439. The Morgan fingerprint density at radius 1 is 1.07 bits per heavy atom. The van der Waals surface area contributed by atoms with Crippen LogP contribution in [-0.4, -0.2) is 46.9 Å². The molecular formula is C20H22N2O4S. The van der Waals surface area contributed by atoms with Crippen molar-refractivity contribution < 1.29 is 19.1 Å². The molecule has 2 heterocycles. The van der Waals surface area contributed by atoms with Crippen LogP contribution in [0, 0.1) is 6.92 Å². The van der Waals surface area contributed by atoms with Gasteiger partial charge >= 0.3 is 0 Å². The topological polar surface area (TPSA) is 59.1 Å². The van der Waals surface area contributed by atoms with Crippen molar-refractivity contribution in [2.45, 2.75) is 27.7 Å². The van der Waals surface area contributed by atoms with Gasteiger partial charge in [0.25, 0.3) is 11.8 Å². The first-order valence-corrected chi connectivity index (χ1v) is 9.22. The number of likely N-dealkylation sites (N-methyl/N-ethyl adjacent to an activating group) is 2. The molecule has 0 atom stereocenters. The van der Waals surface area contributed by atoms with Crippen LogP contribution in [0.3, 0.4) is 0 Å². The van der Waals surface area contributed by atoms with Crippen LogP contribution in [0.15, 0.2) is 29.5 Å². The maximum absolute atomic E-state index is 13.0. The molecule has 2 aliphatic heterocycles. The molecule has 7 heteroatoms. The zero-order valence-corrected chi connectivity index (χ0v) is 16.9. The molecule has 3 rings (SSSR count). The van der Waals surface area contributed by atoms with E-state index in [-0.39, 0.29) is 16.4 Å². The van der Waals surface area contributed by atoms with Gasteiger partial charge in [-0.15, -0.1) is 0 Å². The normalized spacial score (nSPS) is 17.1. The predicted octanol–water partition coefficient (Wildman–Crippen LogP) is 3.05. The second kappa shape index (κ2) is 7.15. The largest absolute Gasteiger partial charge is 0.493 e. The molecule has 1 fully saturated rings. The molecule has 0 aliphatic carbocycles. The Balaban J connectivity index is 2.20. The Labute approximate surface area is 164 Å². The average Bonchev–Trinajstić information content (AvgIpc) is 2.62. The Kier molecular flexibility index (Phi) is 5.06. The molecule has 2 aliphatic rings. The van der Waals surface area contributed by atoms with Crippen molar-refractivity contribution in [3.63, 3.8) is 0 Å². The molecule has 2 amide bonds. The number of amides is 2. The summed E-state index contributed by atoms with van der Waals surface area (Å²) < 4.78 is 11.5. The molecule has 0 saturated carbocycles. The standard InChI is InChI=1S/C20H22N2O4S/c1-6-21-18(23)15(19(24)22(7-2)20(21)27)14-10-12(4)13-9-8-11(3)16(25-5)17(13)26-14/h8-10H,6-7H2,1-5H3. The number of ether oxygens (including phenoxy) is 2. The highest BCUT2D eigenvalue weighted by atomic mass is 32.1. The monoisotopic (exact) mass is 386 g/mol. The van der Waals surface area contributed by atoms with E-state index in [1.807, 2.05) is 39.8 Å². The third-order valence-corrected chi connectivity index (χ3v) is 5.20. The Morgan fingerprint density at radius 2 is 1.67 bits per heavy atom. The van der Waals surface area contributed by atoms with Crippen molar-refractivity contribution in [1.82, 2.24) is 9.80 Å². The number of rotatable bonds is 3. The first kappa shape index (κ1) is 19.1. The average molecular weight is 386 g/mol. The maximum atomic E-state index is 13.0. The van der Waals surface area contributed by atoms with Crippen LogP contribution in [0.1, 0.15) is 31.9 Å². The number of hydrogen-bond acceptors (Lipinski definition) is 5. The molecule has 0 N–H and O–H groups in total. The van der Waals surface area contributed by atoms with E-state index in [9.17, 15) is 9.59 Å². The zero-order chi connectivity index (χ0) is 19.9. The molecule has 1 aromatic carbocycles. The summed E-state index contributed by atoms with van der Waals surface area (Å²) in [6.07, 6.45) is 1.72. The molecule has 0 radical (unpaired) electrons. The van der Waals surface area contributed by atoms with E-state index >= 15 is 0 Å². The van der Waals surface area contributed by atoms with Gasteiger partial charge in [0.2, 0.25) is 0 Å². The van der Waals surface area contributed by atoms with Gasteiger partial charge in [-0.25, -0.2) is 0 Å². The van der Waals surface area contributed by atoms with E-state index in [0.29, 0.717) is 24.6 Å². The number of carbonyl (C=O) groups is 2. The first-order chi connectivity index (χ1) is 12.8. The molecular weight excluding hydrogens is 364 g/mol. The first-order valence-electron chi connectivity index (χ1n) is 8.81. The summed E-state index contributed by atoms with van der Waals surface area (Å²) in [6.45, 7) is 8.21. The number of aryl methyl sites for hydroxylation is 1. The summed E-state index contributed by atoms with van der Waals surface area (Å²) in [5, 5.41) is 0.227. The molecule has 27 heavy (non-hydrogen) atoms. The van der Waals surface area contributed by atoms with Crippen molar-refractivity contribution in [2.75, 3.05) is 20.2 Å². The fourth-order valence-corrected chi connectivity index (χ4v) is 3.74. The highest BCUT2D eigenvalue weighted by molar-refractivity contribution is 7.80. The van der Waals surface area contributed by atoms with Gasteiger partial charge in [-0.05, 0) is 57.1 Å². The highest BCUT2D eigenvalue weighted by Crippen LogP contribution is 2.43. The van der Waals surface area contributed by atoms with Crippen LogP contribution in [0.2, 0.25) is 0 Å². The Bertz CT molecular complexity index is 889. The van der Waals surface area contributed by atoms with Crippen molar-refractivity contribution in [3.05, 3.63) is 40.7 Å². The van der Waals surface area contributed by atoms with Crippen molar-refractivity contribution in [1.29, 1.82) is 0 Å². The van der Waals surface area contributed by atoms with Crippen molar-refractivity contribution in [2.24, 2.45) is 0 Å². The van der Waals surface area contributed by atoms with E-state index < -0.39 is 11.8 Å². The number of benzene rings is 1. The van der Waals surface area contributed by atoms with E-state index in [0.717, 1.165) is 16.7 Å². The van der Waals surface area contributed by atoms with Gasteiger partial charge in [-0.3, -0.25) is 19.4 Å². The predicted molar refractivity (Wildman–Crippen MR) is 106 cm³/mol. The molecule has 0 spiro atoms. The number of carbonyl (C=O) groups excluding carboxylic acids is 2. The van der Waals surface area contributed by atoms with Gasteiger partial charge in [0, 0.05) is 18.7 Å². The lowest BCUT2D eigenvalue weighted by atomic mass is 9.98. The van der Waals surface area contributed by atoms with Crippen molar-refractivity contribution >= 4 is 34.7 Å². The molecule has 6 nitrogen and oxygen atoms in total. The number of fused-ring (bicyclic) bond motifs is 1. The van der Waals surface area contributed by atoms with Gasteiger partial charge in [-0.1, -0.05) is 12.1 Å². The van der Waals surface area contributed by atoms with Crippen LogP contribution in [0.5, 0.6) is 11.5 Å². The molecule has 1 aromatic rings. The summed E-state index contributed by atoms with van der Waals surface area (Å²) in [7, 11) is 1.57. The number of hydrogen-bond donors (Lipinski definition) is 0. The van der Waals surface area contributed by atoms with E-state index in [4.69, 9.17) is 21.7 Å². The van der Waals surface area contributed by atoms with Crippen LogP contribution in [0.25, 0.3) is 5.57 Å². The lowest BCUT2D eigenvalue weighted by molar-refractivity contribution is -0.133. The second-order valence-electron chi connectivity index (χ2n) is 6.34. The molecule has 0 bridgehead atoms. The number of thiocarbonyl (C=S) groups is 1. The number of methoxy groups -OCH3 is 1. The van der Waals surface area contributed by atoms with E-state index in [1.54, 1.807) is 13.2 Å². The summed E-state index contributed by atoms with van der Waals surface area (Å²) >= 11 is 5.31. The molecule has 1 saturated heterocycles.